The second kappa shape index (κ2) is 5.19. The average molecular weight is 229 g/mol. The van der Waals surface area contributed by atoms with Crippen molar-refractivity contribution in [2.75, 3.05) is 0 Å². The van der Waals surface area contributed by atoms with Crippen LogP contribution in [0.1, 0.15) is 0 Å². The van der Waals surface area contributed by atoms with Crippen LogP contribution in [0.2, 0.25) is 0 Å². The number of hydrogen-bond acceptors (Lipinski definition) is 2. The van der Waals surface area contributed by atoms with Gasteiger partial charge in [0.05, 0.1) is 8.37 Å². The topological polar surface area (TPSA) is 21.6 Å². The summed E-state index contributed by atoms with van der Waals surface area (Å²) in [5.41, 5.74) is -1.96. The van der Waals surface area contributed by atoms with Crippen molar-refractivity contribution in [2.24, 2.45) is 4.52 Å². The normalized spacial score (nSPS) is 15.0. The zero-order valence-electron chi connectivity index (χ0n) is 7.43. The summed E-state index contributed by atoms with van der Waals surface area (Å²) in [5, 5.41) is 0. The second-order valence-electron chi connectivity index (χ2n) is 2.44. The Morgan fingerprint density at radius 3 is 2.64 bits per heavy atom. The van der Waals surface area contributed by atoms with Gasteiger partial charge in [0.1, 0.15) is 5.75 Å². The molecule has 0 aliphatic rings. The van der Waals surface area contributed by atoms with E-state index in [1.54, 1.807) is 24.3 Å². The maximum absolute atomic E-state index is 13.7. The van der Waals surface area contributed by atoms with E-state index in [-0.39, 0.29) is 8.37 Å². The molecule has 5 heteroatoms. The van der Waals surface area contributed by atoms with Crippen LogP contribution in [0.5, 0.6) is 5.75 Å². The highest BCUT2D eigenvalue weighted by Gasteiger charge is 2.26. The fraction of sp³-hybridized carbons (Fsp3) is 0.111. The Morgan fingerprint density at radius 1 is 1.50 bits per heavy atom. The molecule has 0 aromatic heterocycles. The zero-order chi connectivity index (χ0) is 10.4. The van der Waals surface area contributed by atoms with Gasteiger partial charge in [-0.1, -0.05) is 24.8 Å². The molecule has 2 unspecified atom stereocenters. The van der Waals surface area contributed by atoms with E-state index in [0.717, 1.165) is 6.08 Å². The number of ether oxygens (including phenoxy) is 1. The first-order chi connectivity index (χ1) is 6.70. The summed E-state index contributed by atoms with van der Waals surface area (Å²) < 4.78 is 22.4. The van der Waals surface area contributed by atoms with E-state index in [4.69, 9.17) is 4.74 Å². The van der Waals surface area contributed by atoms with E-state index in [1.807, 2.05) is 6.07 Å². The van der Waals surface area contributed by atoms with Gasteiger partial charge in [0.15, 0.2) is 0 Å². The third-order valence-corrected chi connectivity index (χ3v) is 2.46. The Labute approximate surface area is 86.3 Å². The van der Waals surface area contributed by atoms with Gasteiger partial charge in [-0.3, -0.25) is 0 Å². The smallest absolute Gasteiger partial charge is 0.326 e. The molecule has 0 fully saturated rings. The van der Waals surface area contributed by atoms with Crippen LogP contribution < -0.4 is 4.74 Å². The Hall–Kier alpha value is -0.780. The summed E-state index contributed by atoms with van der Waals surface area (Å²) in [6, 6.07) is 8.73. The first kappa shape index (κ1) is 11.3. The maximum atomic E-state index is 13.7. The SMILES string of the molecule is C=CC(F)(Oc1ccccc1)P=NP. The van der Waals surface area contributed by atoms with Crippen LogP contribution in [0.15, 0.2) is 47.5 Å². The molecule has 0 saturated heterocycles. The van der Waals surface area contributed by atoms with Crippen molar-refractivity contribution in [3.63, 3.8) is 0 Å². The lowest BCUT2D eigenvalue weighted by atomic mass is 10.3. The van der Waals surface area contributed by atoms with Gasteiger partial charge in [-0.2, -0.15) is 4.39 Å². The summed E-state index contributed by atoms with van der Waals surface area (Å²) in [6.07, 6.45) is 1.09. The van der Waals surface area contributed by atoms with E-state index in [1.165, 1.54) is 0 Å². The van der Waals surface area contributed by atoms with Gasteiger partial charge in [-0.25, -0.2) is 4.52 Å². The lowest BCUT2D eigenvalue weighted by molar-refractivity contribution is 0.0748. The number of hydrogen-bond donors (Lipinski definition) is 0. The molecule has 0 N–H and O–H groups in total. The highest BCUT2D eigenvalue weighted by atomic mass is 31.1. The molecule has 14 heavy (non-hydrogen) atoms. The van der Waals surface area contributed by atoms with Gasteiger partial charge >= 0.3 is 5.60 Å². The van der Waals surface area contributed by atoms with Crippen molar-refractivity contribution in [3.8, 4) is 5.75 Å². The molecule has 0 bridgehead atoms. The molecule has 0 heterocycles. The molecule has 1 aromatic rings. The molecule has 0 spiro atoms. The van der Waals surface area contributed by atoms with Crippen LogP contribution >= 0.6 is 17.8 Å². The van der Waals surface area contributed by atoms with Crippen LogP contribution in [0.25, 0.3) is 0 Å². The second-order valence-corrected chi connectivity index (χ2v) is 4.18. The summed E-state index contributed by atoms with van der Waals surface area (Å²) in [7, 11) is 2.24. The van der Waals surface area contributed by atoms with E-state index in [9.17, 15) is 4.39 Å². The van der Waals surface area contributed by atoms with Gasteiger partial charge in [0.25, 0.3) is 0 Å². The van der Waals surface area contributed by atoms with Gasteiger partial charge in [0.2, 0.25) is 0 Å². The highest BCUT2D eigenvalue weighted by Crippen LogP contribution is 2.32. The minimum absolute atomic E-state index is 0.160. The minimum atomic E-state index is -1.96. The Balaban J connectivity index is 2.80. The quantitative estimate of drug-likeness (QED) is 0.568. The lowest BCUT2D eigenvalue weighted by Gasteiger charge is -2.17. The number of alkyl halides is 1. The number of rotatable bonds is 4. The van der Waals surface area contributed by atoms with Crippen LogP contribution in [0.3, 0.4) is 0 Å². The predicted molar refractivity (Wildman–Crippen MR) is 60.2 cm³/mol. The Bertz CT molecular complexity index is 331. The molecular weight excluding hydrogens is 219 g/mol. The highest BCUT2D eigenvalue weighted by molar-refractivity contribution is 7.36. The van der Waals surface area contributed by atoms with Crippen molar-refractivity contribution in [2.45, 2.75) is 5.60 Å². The largest absolute Gasteiger partial charge is 0.446 e. The van der Waals surface area contributed by atoms with Crippen molar-refractivity contribution in [3.05, 3.63) is 43.0 Å². The zero-order valence-corrected chi connectivity index (χ0v) is 9.48. The molecule has 0 radical (unpaired) electrons. The predicted octanol–water partition coefficient (Wildman–Crippen LogP) is 3.79. The third kappa shape index (κ3) is 3.17. The van der Waals surface area contributed by atoms with Crippen molar-refractivity contribution < 1.29 is 9.13 Å². The molecule has 74 valence electrons. The molecule has 1 aromatic carbocycles. The molecule has 2 atom stereocenters. The molecule has 0 aliphatic carbocycles. The van der Waals surface area contributed by atoms with E-state index in [0.29, 0.717) is 5.75 Å². The maximum Gasteiger partial charge on any atom is 0.326 e. The van der Waals surface area contributed by atoms with Crippen LogP contribution in [-0.2, 0) is 0 Å². The standard InChI is InChI=1S/C9H10FNOP2/c1-2-9(10,14-11-13)12-8-6-4-3-5-7-8/h2-7H,1,13H2. The van der Waals surface area contributed by atoms with Crippen molar-refractivity contribution in [1.29, 1.82) is 0 Å². The Morgan fingerprint density at radius 2 is 2.14 bits per heavy atom. The molecule has 0 aliphatic heterocycles. The van der Waals surface area contributed by atoms with Gasteiger partial charge in [-0.15, -0.1) is 0 Å². The number of benzene rings is 1. The first-order valence-corrected chi connectivity index (χ1v) is 5.25. The van der Waals surface area contributed by atoms with Gasteiger partial charge < -0.3 is 4.74 Å². The van der Waals surface area contributed by atoms with Crippen molar-refractivity contribution in [1.82, 2.24) is 0 Å². The number of para-hydroxylation sites is 1. The third-order valence-electron chi connectivity index (χ3n) is 1.45. The molecule has 1 rings (SSSR count). The Kier molecular flexibility index (Phi) is 4.19. The van der Waals surface area contributed by atoms with E-state index < -0.39 is 5.60 Å². The summed E-state index contributed by atoms with van der Waals surface area (Å²) in [4.78, 5) is 0. The van der Waals surface area contributed by atoms with Crippen LogP contribution in [-0.4, -0.2) is 5.60 Å². The summed E-state index contributed by atoms with van der Waals surface area (Å²) in [5.74, 6) is 0.455. The number of halogens is 1. The van der Waals surface area contributed by atoms with E-state index >= 15 is 0 Å². The molecular formula is C9H10FNOP2. The van der Waals surface area contributed by atoms with Crippen molar-refractivity contribution >= 4 is 17.8 Å². The minimum Gasteiger partial charge on any atom is -0.446 e. The lowest BCUT2D eigenvalue weighted by Crippen LogP contribution is -2.19. The molecule has 0 amide bonds. The molecule has 0 saturated carbocycles. The summed E-state index contributed by atoms with van der Waals surface area (Å²) >= 11 is 0. The average Bonchev–Trinajstić information content (AvgIpc) is 2.20. The fourth-order valence-electron chi connectivity index (χ4n) is 0.835. The van der Waals surface area contributed by atoms with Gasteiger partial charge in [0, 0.05) is 0 Å². The first-order valence-electron chi connectivity index (χ1n) is 3.89. The summed E-state index contributed by atoms with van der Waals surface area (Å²) in [6.45, 7) is 3.37. The van der Waals surface area contributed by atoms with E-state index in [2.05, 4.69) is 20.5 Å². The van der Waals surface area contributed by atoms with Crippen LogP contribution in [0.4, 0.5) is 4.39 Å². The monoisotopic (exact) mass is 229 g/mol. The van der Waals surface area contributed by atoms with Gasteiger partial charge in [-0.05, 0) is 27.6 Å². The molecule has 2 nitrogen and oxygen atoms in total. The van der Waals surface area contributed by atoms with Crippen LogP contribution in [0, 0.1) is 0 Å². The fourth-order valence-corrected chi connectivity index (χ4v) is 1.69. The number of nitrogens with zero attached hydrogens (tertiary/aromatic N) is 1.